The van der Waals surface area contributed by atoms with Gasteiger partial charge in [-0.3, -0.25) is 9.13 Å². The molecule has 0 unspecified atom stereocenters. The Balaban J connectivity index is 0.657. The Kier molecular flexibility index (Phi) is 13.7. The monoisotopic (exact) mass is 1590 g/mol. The Morgan fingerprint density at radius 3 is 1.20 bits per heavy atom. The summed E-state index contributed by atoms with van der Waals surface area (Å²) >= 11 is 1.73. The van der Waals surface area contributed by atoms with E-state index in [2.05, 4.69) is 408 Å². The van der Waals surface area contributed by atoms with Gasteiger partial charge < -0.3 is 9.13 Å². The minimum atomic E-state index is -0.551. The van der Waals surface area contributed by atoms with E-state index in [1.54, 1.807) is 11.3 Å². The summed E-state index contributed by atoms with van der Waals surface area (Å²) in [6.07, 6.45) is 0. The molecule has 0 fully saturated rings. The summed E-state index contributed by atoms with van der Waals surface area (Å²) in [6.45, 7) is 4.67. The highest BCUT2D eigenvalue weighted by Gasteiger charge is 2.41. The maximum atomic E-state index is 6.28. The molecular weight excluding hydrogens is 1530 g/mol. The van der Waals surface area contributed by atoms with Gasteiger partial charge in [0.2, 0.25) is 5.95 Å². The minimum absolute atomic E-state index is 0.551. The first-order valence-electron chi connectivity index (χ1n) is 42.7. The minimum Gasteiger partial charge on any atom is -0.309 e. The molecule has 574 valence electrons. The van der Waals surface area contributed by atoms with Crippen LogP contribution >= 0.6 is 11.3 Å². The van der Waals surface area contributed by atoms with Gasteiger partial charge in [0.05, 0.1) is 61.2 Å². The molecule has 7 heterocycles. The molecule has 0 radical (unpaired) electrons. The van der Waals surface area contributed by atoms with Crippen molar-refractivity contribution in [1.82, 2.24) is 38.2 Å². The quantitative estimate of drug-likeness (QED) is 0.149. The van der Waals surface area contributed by atoms with Crippen molar-refractivity contribution in [2.75, 3.05) is 0 Å². The van der Waals surface area contributed by atoms with Crippen LogP contribution in [0.3, 0.4) is 0 Å². The third kappa shape index (κ3) is 9.23. The highest BCUT2D eigenvalue weighted by atomic mass is 32.1. The smallest absolute Gasteiger partial charge is 0.236 e. The third-order valence-corrected chi connectivity index (χ3v) is 28.5. The highest BCUT2D eigenvalue weighted by molar-refractivity contribution is 7.25. The lowest BCUT2D eigenvalue weighted by Gasteiger charge is -2.22. The zero-order valence-electron chi connectivity index (χ0n) is 67.3. The summed E-state index contributed by atoms with van der Waals surface area (Å²) in [4.78, 5) is 25.1. The van der Waals surface area contributed by atoms with Crippen molar-refractivity contribution in [2.45, 2.75) is 19.3 Å². The van der Waals surface area contributed by atoms with Gasteiger partial charge in [-0.05, 0) is 177 Å². The fraction of sp³-hybridized carbons (Fsp3) is 0.0261. The van der Waals surface area contributed by atoms with E-state index < -0.39 is 5.41 Å². The van der Waals surface area contributed by atoms with Crippen LogP contribution in [-0.4, -0.2) is 38.2 Å². The summed E-state index contributed by atoms with van der Waals surface area (Å²) in [5.41, 5.74) is 20.2. The standard InChI is InChI=1S/C115H68N8S/c1-115(2)91-56-48-67(61-90(91)110-111(115)116-109(70-47-53-82-81-39-21-23-43-92(81)120(98(82)64-70)71-27-5-3-6-28-71)112(117-110)122-93-57-49-65-25-9-11-31-73(65)103(93)106-95(122)59-54-87-79-37-15-13-33-75(79)77-35-17-19-40-85(77)101(87)106)68-45-51-83-84-52-46-69(63-99(84)121(97(83)62-68)72-29-7-4-8-30-72)108-105-89-42-22-24-44-100(89)124-113(105)119-114(118-108)123-94-58-50-66-26-10-12-32-74(66)104(94)107-96(123)60-55-88-80-38-16-14-34-76(80)78-36-18-20-41-86(78)102(88)107/h3-64H,1-2H3. The first kappa shape index (κ1) is 67.9. The van der Waals surface area contributed by atoms with Crippen LogP contribution in [0, 0.1) is 0 Å². The Morgan fingerprint density at radius 1 is 0.234 bits per heavy atom. The number of aromatic nitrogens is 8. The number of hydrogen-bond acceptors (Lipinski definition) is 5. The first-order chi connectivity index (χ1) is 61.3. The highest BCUT2D eigenvalue weighted by Crippen LogP contribution is 2.54. The van der Waals surface area contributed by atoms with Crippen molar-refractivity contribution in [3.8, 4) is 68.0 Å². The molecular formula is C115H68N8S. The average Bonchev–Trinajstić information content (AvgIpc) is 1.52. The van der Waals surface area contributed by atoms with Crippen molar-refractivity contribution in [3.63, 3.8) is 0 Å². The van der Waals surface area contributed by atoms with Gasteiger partial charge in [-0.25, -0.2) is 19.9 Å². The molecule has 0 saturated heterocycles. The van der Waals surface area contributed by atoms with Crippen LogP contribution in [0.5, 0.6) is 0 Å². The second kappa shape index (κ2) is 25.1. The van der Waals surface area contributed by atoms with Crippen molar-refractivity contribution in [3.05, 3.63) is 387 Å². The predicted octanol–water partition coefficient (Wildman–Crippen LogP) is 30.6. The molecule has 0 spiro atoms. The summed E-state index contributed by atoms with van der Waals surface area (Å²) in [7, 11) is 0. The summed E-state index contributed by atoms with van der Waals surface area (Å²) < 4.78 is 10.8. The van der Waals surface area contributed by atoms with Crippen molar-refractivity contribution in [2.24, 2.45) is 0 Å². The van der Waals surface area contributed by atoms with Crippen LogP contribution in [0.15, 0.2) is 376 Å². The lowest BCUT2D eigenvalue weighted by Crippen LogP contribution is -2.18. The maximum absolute atomic E-state index is 6.28. The topological polar surface area (TPSA) is 71.3 Å². The summed E-state index contributed by atoms with van der Waals surface area (Å²) in [5.74, 6) is 1.40. The van der Waals surface area contributed by atoms with E-state index >= 15 is 0 Å². The number of fused-ring (bicyclic) bond motifs is 36. The SMILES string of the molecule is CC1(C)c2ccc(-c3ccc4c5ccc(-c6nc(-n7c8ccc9ccccc9c8c8c9c%10ccccc%10c%10ccccc%10c9ccc87)nc7sc8ccccc8c67)cc5n(-c5ccccc5)c4c3)cc2-c2nc(-n3c4ccc5ccccc5c4c4c5c6ccccc6c6ccccc6c5ccc43)c(-c3ccc4c5ccccc5n(-c5ccccc5)c4c3)nc21. The van der Waals surface area contributed by atoms with Crippen LogP contribution in [0.1, 0.15) is 25.1 Å². The second-order valence-electron chi connectivity index (χ2n) is 34.2. The molecule has 0 bridgehead atoms. The van der Waals surface area contributed by atoms with Crippen LogP contribution < -0.4 is 0 Å². The molecule has 1 aliphatic rings. The molecule has 9 heteroatoms. The number of rotatable bonds is 7. The van der Waals surface area contributed by atoms with E-state index in [9.17, 15) is 0 Å². The fourth-order valence-corrected chi connectivity index (χ4v) is 23.1. The van der Waals surface area contributed by atoms with Crippen molar-refractivity contribution >= 4 is 205 Å². The third-order valence-electron chi connectivity index (χ3n) is 27.5. The lowest BCUT2D eigenvalue weighted by atomic mass is 9.84. The van der Waals surface area contributed by atoms with Gasteiger partial charge in [-0.2, -0.15) is 0 Å². The zero-order chi connectivity index (χ0) is 81.1. The van der Waals surface area contributed by atoms with Crippen molar-refractivity contribution in [1.29, 1.82) is 0 Å². The van der Waals surface area contributed by atoms with E-state index in [1.165, 1.54) is 124 Å². The second-order valence-corrected chi connectivity index (χ2v) is 35.2. The van der Waals surface area contributed by atoms with E-state index in [1.807, 2.05) is 0 Å². The number of benzene rings is 20. The van der Waals surface area contributed by atoms with Gasteiger partial charge >= 0.3 is 0 Å². The van der Waals surface area contributed by atoms with Gasteiger partial charge in [0.1, 0.15) is 10.5 Å². The molecule has 28 rings (SSSR count). The van der Waals surface area contributed by atoms with Crippen LogP contribution in [0.4, 0.5) is 0 Å². The number of hydrogen-bond donors (Lipinski definition) is 0. The Labute approximate surface area is 712 Å². The largest absolute Gasteiger partial charge is 0.309 e. The molecule has 27 aromatic rings. The zero-order valence-corrected chi connectivity index (χ0v) is 68.1. The Bertz CT molecular complexity index is 9420. The summed E-state index contributed by atoms with van der Waals surface area (Å²) in [6, 6.07) is 139. The molecule has 124 heavy (non-hydrogen) atoms. The van der Waals surface area contributed by atoms with Gasteiger partial charge in [0.25, 0.3) is 0 Å². The van der Waals surface area contributed by atoms with Gasteiger partial charge in [0, 0.05) is 103 Å². The van der Waals surface area contributed by atoms with Gasteiger partial charge in [-0.1, -0.05) is 305 Å². The Morgan fingerprint density at radius 2 is 0.629 bits per heavy atom. The molecule has 20 aromatic carbocycles. The van der Waals surface area contributed by atoms with E-state index in [0.29, 0.717) is 5.95 Å². The van der Waals surface area contributed by atoms with Crippen LogP contribution in [0.25, 0.3) is 262 Å². The van der Waals surface area contributed by atoms with Crippen LogP contribution in [-0.2, 0) is 5.41 Å². The van der Waals surface area contributed by atoms with E-state index in [-0.39, 0.29) is 0 Å². The molecule has 0 amide bonds. The van der Waals surface area contributed by atoms with Gasteiger partial charge in [-0.15, -0.1) is 11.3 Å². The normalized spacial score (nSPS) is 13.0. The first-order valence-corrected chi connectivity index (χ1v) is 43.5. The molecule has 1 aliphatic carbocycles. The lowest BCUT2D eigenvalue weighted by molar-refractivity contribution is 0.635. The fourth-order valence-electron chi connectivity index (χ4n) is 22.1. The molecule has 0 saturated carbocycles. The predicted molar refractivity (Wildman–Crippen MR) is 522 cm³/mol. The number of nitrogens with zero attached hydrogens (tertiary/aromatic N) is 8. The van der Waals surface area contributed by atoms with Gasteiger partial charge in [0.15, 0.2) is 5.82 Å². The van der Waals surface area contributed by atoms with Crippen LogP contribution in [0.2, 0.25) is 0 Å². The van der Waals surface area contributed by atoms with E-state index in [0.717, 1.165) is 143 Å². The Hall–Kier alpha value is -15.9. The van der Waals surface area contributed by atoms with Crippen molar-refractivity contribution < 1.29 is 0 Å². The molecule has 7 aromatic heterocycles. The van der Waals surface area contributed by atoms with E-state index in [4.69, 9.17) is 19.9 Å². The molecule has 0 atom stereocenters. The molecule has 8 nitrogen and oxygen atoms in total. The number of para-hydroxylation sites is 3. The molecule has 0 N–H and O–H groups in total. The average molecular weight is 1590 g/mol. The number of thiophene rings is 1. The summed E-state index contributed by atoms with van der Waals surface area (Å²) in [5, 5.41) is 31.1. The maximum Gasteiger partial charge on any atom is 0.236 e. The molecule has 0 aliphatic heterocycles.